The van der Waals surface area contributed by atoms with Crippen molar-refractivity contribution in [3.8, 4) is 5.75 Å². The minimum Gasteiger partial charge on any atom is -0.497 e. The van der Waals surface area contributed by atoms with Crippen LogP contribution in [0.2, 0.25) is 0 Å². The quantitative estimate of drug-likeness (QED) is 0.570. The van der Waals surface area contributed by atoms with Crippen molar-refractivity contribution in [2.75, 3.05) is 40.9 Å². The number of methoxy groups -OCH3 is 1. The molecule has 0 radical (unpaired) electrons. The van der Waals surface area contributed by atoms with Crippen LogP contribution in [0.15, 0.2) is 54.6 Å². The summed E-state index contributed by atoms with van der Waals surface area (Å²) in [5.41, 5.74) is 2.39. The molecule has 188 valence electrons. The fraction of sp³-hybridized carbons (Fsp3) is 0.552. The van der Waals surface area contributed by atoms with Crippen LogP contribution in [0, 0.1) is 0 Å². The zero-order chi connectivity index (χ0) is 24.5. The van der Waals surface area contributed by atoms with Gasteiger partial charge in [-0.05, 0) is 75.9 Å². The van der Waals surface area contributed by atoms with E-state index in [0.717, 1.165) is 63.0 Å². The number of benzene rings is 2. The van der Waals surface area contributed by atoms with Crippen molar-refractivity contribution in [3.63, 3.8) is 0 Å². The number of hydrogen-bond acceptors (Lipinski definition) is 4. The van der Waals surface area contributed by atoms with Gasteiger partial charge in [-0.1, -0.05) is 42.5 Å². The molecule has 0 bridgehead atoms. The Morgan fingerprint density at radius 3 is 2.34 bits per heavy atom. The Kier molecular flexibility index (Phi) is 6.78. The van der Waals surface area contributed by atoms with E-state index in [1.165, 1.54) is 5.56 Å². The molecule has 6 nitrogen and oxygen atoms in total. The number of ether oxygens (including phenoxy) is 2. The summed E-state index contributed by atoms with van der Waals surface area (Å²) in [6, 6.07) is 19.1. The van der Waals surface area contributed by atoms with Crippen LogP contribution in [0.3, 0.4) is 0 Å². The van der Waals surface area contributed by atoms with Gasteiger partial charge < -0.3 is 19.3 Å². The molecule has 2 amide bonds. The molecular formula is C29H39N3O3. The normalized spacial score (nSPS) is 28.9. The average molecular weight is 478 g/mol. The van der Waals surface area contributed by atoms with Crippen LogP contribution < -0.4 is 4.74 Å². The lowest BCUT2D eigenvalue weighted by Gasteiger charge is -2.51. The van der Waals surface area contributed by atoms with Crippen LogP contribution >= 0.6 is 0 Å². The van der Waals surface area contributed by atoms with Gasteiger partial charge in [0.1, 0.15) is 5.75 Å². The lowest BCUT2D eigenvalue weighted by molar-refractivity contribution is 0.00432. The summed E-state index contributed by atoms with van der Waals surface area (Å²) >= 11 is 0. The lowest BCUT2D eigenvalue weighted by Crippen LogP contribution is -2.56. The molecule has 1 unspecified atom stereocenters. The van der Waals surface area contributed by atoms with Gasteiger partial charge in [-0.3, -0.25) is 4.90 Å². The van der Waals surface area contributed by atoms with E-state index in [9.17, 15) is 4.79 Å². The zero-order valence-electron chi connectivity index (χ0n) is 21.4. The molecule has 0 aromatic heterocycles. The highest BCUT2D eigenvalue weighted by atomic mass is 16.5. The van der Waals surface area contributed by atoms with Crippen LogP contribution in [-0.4, -0.2) is 73.3 Å². The molecule has 1 spiro atoms. The monoisotopic (exact) mass is 477 g/mol. The van der Waals surface area contributed by atoms with Crippen LogP contribution in [0.25, 0.3) is 0 Å². The first-order chi connectivity index (χ1) is 17.0. The second kappa shape index (κ2) is 9.82. The number of nitrogens with zero attached hydrogens (tertiary/aromatic N) is 3. The first-order valence-electron chi connectivity index (χ1n) is 13.0. The van der Waals surface area contributed by atoms with E-state index >= 15 is 0 Å². The third-order valence-electron chi connectivity index (χ3n) is 8.68. The molecule has 5 rings (SSSR count). The molecule has 2 aromatic rings. The maximum atomic E-state index is 13.8. The van der Waals surface area contributed by atoms with Crippen LogP contribution in [0.1, 0.15) is 49.7 Å². The molecule has 35 heavy (non-hydrogen) atoms. The summed E-state index contributed by atoms with van der Waals surface area (Å²) in [5.74, 6) is 0.839. The molecule has 3 fully saturated rings. The smallest absolute Gasteiger partial charge is 0.321 e. The molecule has 2 aliphatic heterocycles. The Morgan fingerprint density at radius 1 is 1.03 bits per heavy atom. The Labute approximate surface area is 209 Å². The van der Waals surface area contributed by atoms with E-state index < -0.39 is 0 Å². The van der Waals surface area contributed by atoms with Gasteiger partial charge in [0.05, 0.1) is 18.8 Å². The molecular weight excluding hydrogens is 438 g/mol. The SMILES string of the molecule is COc1ccc(CN2CC3(CCC(c4ccccc4)(N(C)C)CC3)N(CC3CCCO3)C2=O)cc1. The van der Waals surface area contributed by atoms with Crippen LogP contribution in [0.5, 0.6) is 5.75 Å². The van der Waals surface area contributed by atoms with E-state index in [1.54, 1.807) is 7.11 Å². The second-order valence-corrected chi connectivity index (χ2v) is 10.7. The first-order valence-corrected chi connectivity index (χ1v) is 13.0. The number of rotatable bonds is 7. The molecule has 3 aliphatic rings. The summed E-state index contributed by atoms with van der Waals surface area (Å²) in [4.78, 5) is 20.5. The molecule has 1 saturated carbocycles. The van der Waals surface area contributed by atoms with Crippen molar-refractivity contribution < 1.29 is 14.3 Å². The zero-order valence-corrected chi connectivity index (χ0v) is 21.4. The molecule has 2 saturated heterocycles. The Hall–Kier alpha value is -2.57. The maximum absolute atomic E-state index is 13.8. The third kappa shape index (κ3) is 4.54. The Bertz CT molecular complexity index is 994. The van der Waals surface area contributed by atoms with Crippen molar-refractivity contribution in [2.24, 2.45) is 0 Å². The summed E-state index contributed by atoms with van der Waals surface area (Å²) in [6.45, 7) is 2.93. The average Bonchev–Trinajstić information content (AvgIpc) is 3.49. The van der Waals surface area contributed by atoms with Crippen molar-refractivity contribution in [1.82, 2.24) is 14.7 Å². The molecule has 1 aliphatic carbocycles. The minimum absolute atomic E-state index is 0.00842. The number of amides is 2. The minimum atomic E-state index is -0.135. The van der Waals surface area contributed by atoms with Gasteiger partial charge in [0.2, 0.25) is 0 Å². The maximum Gasteiger partial charge on any atom is 0.321 e. The third-order valence-corrected chi connectivity index (χ3v) is 8.68. The van der Waals surface area contributed by atoms with E-state index in [2.05, 4.69) is 71.3 Å². The molecule has 2 aromatic carbocycles. The second-order valence-electron chi connectivity index (χ2n) is 10.7. The van der Waals surface area contributed by atoms with E-state index in [1.807, 2.05) is 12.1 Å². The molecule has 1 atom stereocenters. The number of carbonyl (C=O) groups excluding carboxylic acids is 1. The number of hydrogen-bond donors (Lipinski definition) is 0. The first kappa shape index (κ1) is 24.1. The fourth-order valence-electron chi connectivity index (χ4n) is 6.52. The summed E-state index contributed by atoms with van der Waals surface area (Å²) < 4.78 is 11.3. The highest BCUT2D eigenvalue weighted by molar-refractivity contribution is 5.78. The van der Waals surface area contributed by atoms with Gasteiger partial charge in [-0.2, -0.15) is 0 Å². The number of urea groups is 1. The molecule has 2 heterocycles. The number of carbonyl (C=O) groups is 1. The van der Waals surface area contributed by atoms with Gasteiger partial charge in [0.15, 0.2) is 0 Å². The topological polar surface area (TPSA) is 45.2 Å². The highest BCUT2D eigenvalue weighted by Gasteiger charge is 2.54. The van der Waals surface area contributed by atoms with Crippen LogP contribution in [0.4, 0.5) is 4.79 Å². The van der Waals surface area contributed by atoms with Gasteiger partial charge in [-0.25, -0.2) is 4.79 Å². The largest absolute Gasteiger partial charge is 0.497 e. The van der Waals surface area contributed by atoms with Crippen molar-refractivity contribution in [1.29, 1.82) is 0 Å². The standard InChI is InChI=1S/C29H39N3O3/c1-30(2)29(24-8-5-4-6-9-24)17-15-28(16-18-29)22-31(20-23-11-13-25(34-3)14-12-23)27(33)32(28)21-26-10-7-19-35-26/h4-6,8-9,11-14,26H,7,10,15-22H2,1-3H3. The van der Waals surface area contributed by atoms with E-state index in [0.29, 0.717) is 13.1 Å². The van der Waals surface area contributed by atoms with Gasteiger partial charge in [-0.15, -0.1) is 0 Å². The van der Waals surface area contributed by atoms with Crippen LogP contribution in [-0.2, 0) is 16.8 Å². The van der Waals surface area contributed by atoms with Gasteiger partial charge in [0.25, 0.3) is 0 Å². The van der Waals surface area contributed by atoms with Gasteiger partial charge in [0, 0.05) is 31.8 Å². The predicted molar refractivity (Wildman–Crippen MR) is 137 cm³/mol. The van der Waals surface area contributed by atoms with Gasteiger partial charge >= 0.3 is 6.03 Å². The van der Waals surface area contributed by atoms with E-state index in [-0.39, 0.29) is 23.2 Å². The summed E-state index contributed by atoms with van der Waals surface area (Å²) in [6.07, 6.45) is 6.36. The summed E-state index contributed by atoms with van der Waals surface area (Å²) in [7, 11) is 6.08. The van der Waals surface area contributed by atoms with Crippen molar-refractivity contribution in [2.45, 2.75) is 62.3 Å². The highest BCUT2D eigenvalue weighted by Crippen LogP contribution is 2.49. The molecule has 6 heteroatoms. The van der Waals surface area contributed by atoms with Crippen molar-refractivity contribution >= 4 is 6.03 Å². The fourth-order valence-corrected chi connectivity index (χ4v) is 6.52. The molecule has 0 N–H and O–H groups in total. The van der Waals surface area contributed by atoms with E-state index in [4.69, 9.17) is 9.47 Å². The Morgan fingerprint density at radius 2 is 1.74 bits per heavy atom. The summed E-state index contributed by atoms with van der Waals surface area (Å²) in [5, 5.41) is 0. The van der Waals surface area contributed by atoms with Crippen molar-refractivity contribution in [3.05, 3.63) is 65.7 Å². The lowest BCUT2D eigenvalue weighted by atomic mass is 9.68. The Balaban J connectivity index is 1.39. The predicted octanol–water partition coefficient (Wildman–Crippen LogP) is 4.88.